The minimum Gasteiger partial charge on any atom is -0.316 e. The number of nitrogens with one attached hydrogen (secondary N) is 1. The van der Waals surface area contributed by atoms with Crippen molar-refractivity contribution in [3.63, 3.8) is 0 Å². The summed E-state index contributed by atoms with van der Waals surface area (Å²) in [6.07, 6.45) is 2.94. The fourth-order valence-corrected chi connectivity index (χ4v) is 2.42. The number of hydrogen-bond acceptors (Lipinski definition) is 3. The zero-order valence-corrected chi connectivity index (χ0v) is 10.5. The predicted molar refractivity (Wildman–Crippen MR) is 68.7 cm³/mol. The molecule has 0 radical (unpaired) electrons. The molecule has 2 fully saturated rings. The molecule has 3 heteroatoms. The number of rotatable bonds is 6. The van der Waals surface area contributed by atoms with Crippen LogP contribution in [0, 0.1) is 5.92 Å². The molecule has 0 unspecified atom stereocenters. The zero-order chi connectivity index (χ0) is 11.4. The van der Waals surface area contributed by atoms with E-state index in [-0.39, 0.29) is 0 Å². The molecule has 2 rings (SSSR count). The molecule has 0 atom stereocenters. The van der Waals surface area contributed by atoms with Gasteiger partial charge in [-0.3, -0.25) is 4.90 Å². The first-order valence-electron chi connectivity index (χ1n) is 6.54. The van der Waals surface area contributed by atoms with Crippen LogP contribution in [0.2, 0.25) is 0 Å². The first-order chi connectivity index (χ1) is 7.78. The van der Waals surface area contributed by atoms with Gasteiger partial charge in [0, 0.05) is 45.8 Å². The molecule has 0 aromatic carbocycles. The van der Waals surface area contributed by atoms with Crippen LogP contribution >= 0.6 is 0 Å². The second-order valence-corrected chi connectivity index (χ2v) is 5.30. The second-order valence-electron chi connectivity index (χ2n) is 5.30. The van der Waals surface area contributed by atoms with Crippen LogP contribution in [0.1, 0.15) is 12.8 Å². The molecule has 0 spiro atoms. The second kappa shape index (κ2) is 5.80. The molecule has 16 heavy (non-hydrogen) atoms. The summed E-state index contributed by atoms with van der Waals surface area (Å²) < 4.78 is 0. The van der Waals surface area contributed by atoms with Gasteiger partial charge in [-0.1, -0.05) is 6.58 Å². The van der Waals surface area contributed by atoms with Crippen molar-refractivity contribution in [2.24, 2.45) is 5.92 Å². The molecule has 2 aliphatic rings. The minimum absolute atomic E-state index is 0.947. The Kier molecular flexibility index (Phi) is 4.38. The molecule has 0 aromatic heterocycles. The molecule has 1 heterocycles. The van der Waals surface area contributed by atoms with Crippen LogP contribution in [-0.2, 0) is 0 Å². The van der Waals surface area contributed by atoms with Gasteiger partial charge >= 0.3 is 0 Å². The highest BCUT2D eigenvalue weighted by Crippen LogP contribution is 2.29. The lowest BCUT2D eigenvalue weighted by Gasteiger charge is -2.35. The normalized spacial score (nSPS) is 23.6. The van der Waals surface area contributed by atoms with Crippen LogP contribution in [0.3, 0.4) is 0 Å². The maximum atomic E-state index is 4.10. The first-order valence-corrected chi connectivity index (χ1v) is 6.54. The van der Waals surface area contributed by atoms with Crippen LogP contribution < -0.4 is 5.32 Å². The molecular formula is C13H25N3. The largest absolute Gasteiger partial charge is 0.316 e. The van der Waals surface area contributed by atoms with Gasteiger partial charge in [-0.2, -0.15) is 0 Å². The van der Waals surface area contributed by atoms with E-state index in [2.05, 4.69) is 21.7 Å². The third-order valence-corrected chi connectivity index (χ3v) is 3.55. The Hall–Kier alpha value is -0.380. The van der Waals surface area contributed by atoms with Crippen molar-refractivity contribution in [1.82, 2.24) is 15.1 Å². The monoisotopic (exact) mass is 223 g/mol. The summed E-state index contributed by atoms with van der Waals surface area (Å²) >= 11 is 0. The summed E-state index contributed by atoms with van der Waals surface area (Å²) in [5, 5.41) is 3.16. The molecule has 92 valence electrons. The molecule has 0 aromatic rings. The molecular weight excluding hydrogens is 198 g/mol. The Morgan fingerprint density at radius 1 is 1.19 bits per heavy atom. The average molecular weight is 223 g/mol. The van der Waals surface area contributed by atoms with Gasteiger partial charge in [-0.15, -0.1) is 0 Å². The van der Waals surface area contributed by atoms with E-state index >= 15 is 0 Å². The number of piperazine rings is 1. The quantitative estimate of drug-likeness (QED) is 0.672. The SMILES string of the molecule is C=C(CNC)CN1CCN(CC2CC2)CC1. The lowest BCUT2D eigenvalue weighted by Crippen LogP contribution is -2.47. The highest BCUT2D eigenvalue weighted by atomic mass is 15.3. The van der Waals surface area contributed by atoms with Crippen LogP contribution in [0.15, 0.2) is 12.2 Å². The van der Waals surface area contributed by atoms with Gasteiger partial charge in [0.2, 0.25) is 0 Å². The van der Waals surface area contributed by atoms with Crippen molar-refractivity contribution in [3.8, 4) is 0 Å². The maximum Gasteiger partial charge on any atom is 0.0203 e. The van der Waals surface area contributed by atoms with Crippen LogP contribution in [-0.4, -0.2) is 62.7 Å². The standard InChI is InChI=1S/C13H25N3/c1-12(9-14-2)10-15-5-7-16(8-6-15)11-13-3-4-13/h13-14H,1,3-11H2,2H3. The van der Waals surface area contributed by atoms with Gasteiger partial charge in [0.25, 0.3) is 0 Å². The van der Waals surface area contributed by atoms with E-state index in [0.717, 1.165) is 19.0 Å². The van der Waals surface area contributed by atoms with Crippen molar-refractivity contribution >= 4 is 0 Å². The Balaban J connectivity index is 1.62. The lowest BCUT2D eigenvalue weighted by molar-refractivity contribution is 0.136. The molecule has 1 N–H and O–H groups in total. The van der Waals surface area contributed by atoms with Crippen LogP contribution in [0.5, 0.6) is 0 Å². The topological polar surface area (TPSA) is 18.5 Å². The van der Waals surface area contributed by atoms with E-state index in [1.807, 2.05) is 7.05 Å². The molecule has 3 nitrogen and oxygen atoms in total. The van der Waals surface area contributed by atoms with E-state index in [1.54, 1.807) is 0 Å². The first kappa shape index (κ1) is 12.1. The average Bonchev–Trinajstić information content (AvgIpc) is 3.05. The molecule has 1 saturated carbocycles. The van der Waals surface area contributed by atoms with Crippen molar-refractivity contribution < 1.29 is 0 Å². The Morgan fingerprint density at radius 2 is 1.81 bits per heavy atom. The third kappa shape index (κ3) is 3.89. The summed E-state index contributed by atoms with van der Waals surface area (Å²) in [6, 6.07) is 0. The molecule has 1 saturated heterocycles. The highest BCUT2D eigenvalue weighted by Gasteiger charge is 2.26. The van der Waals surface area contributed by atoms with E-state index in [0.29, 0.717) is 0 Å². The summed E-state index contributed by atoms with van der Waals surface area (Å²) in [5.41, 5.74) is 1.30. The number of likely N-dealkylation sites (N-methyl/N-ethyl adjacent to an activating group) is 1. The van der Waals surface area contributed by atoms with E-state index in [1.165, 1.54) is 51.1 Å². The van der Waals surface area contributed by atoms with Crippen molar-refractivity contribution in [3.05, 3.63) is 12.2 Å². The smallest absolute Gasteiger partial charge is 0.0203 e. The minimum atomic E-state index is 0.947. The summed E-state index contributed by atoms with van der Waals surface area (Å²) in [6.45, 7) is 12.4. The summed E-state index contributed by atoms with van der Waals surface area (Å²) in [4.78, 5) is 5.16. The Labute approximate surface area is 99.5 Å². The van der Waals surface area contributed by atoms with Crippen molar-refractivity contribution in [1.29, 1.82) is 0 Å². The van der Waals surface area contributed by atoms with Gasteiger partial charge in [0.1, 0.15) is 0 Å². The van der Waals surface area contributed by atoms with E-state index in [4.69, 9.17) is 0 Å². The molecule has 0 bridgehead atoms. The number of hydrogen-bond donors (Lipinski definition) is 1. The predicted octanol–water partition coefficient (Wildman–Crippen LogP) is 0.790. The van der Waals surface area contributed by atoms with E-state index < -0.39 is 0 Å². The van der Waals surface area contributed by atoms with Crippen molar-refractivity contribution in [2.75, 3.05) is 52.9 Å². The summed E-state index contributed by atoms with van der Waals surface area (Å²) in [5.74, 6) is 1.03. The molecule has 0 amide bonds. The molecule has 1 aliphatic heterocycles. The van der Waals surface area contributed by atoms with Gasteiger partial charge in [-0.05, 0) is 31.4 Å². The summed E-state index contributed by atoms with van der Waals surface area (Å²) in [7, 11) is 1.98. The van der Waals surface area contributed by atoms with Gasteiger partial charge in [-0.25, -0.2) is 0 Å². The Bertz CT molecular complexity index is 227. The Morgan fingerprint density at radius 3 is 2.38 bits per heavy atom. The maximum absolute atomic E-state index is 4.10. The third-order valence-electron chi connectivity index (χ3n) is 3.55. The van der Waals surface area contributed by atoms with Gasteiger partial charge in [0.15, 0.2) is 0 Å². The van der Waals surface area contributed by atoms with Gasteiger partial charge < -0.3 is 10.2 Å². The fraction of sp³-hybridized carbons (Fsp3) is 0.846. The highest BCUT2D eigenvalue weighted by molar-refractivity contribution is 5.00. The van der Waals surface area contributed by atoms with Gasteiger partial charge in [0.05, 0.1) is 0 Å². The fourth-order valence-electron chi connectivity index (χ4n) is 2.42. The van der Waals surface area contributed by atoms with Crippen LogP contribution in [0.4, 0.5) is 0 Å². The zero-order valence-electron chi connectivity index (χ0n) is 10.5. The van der Waals surface area contributed by atoms with Crippen LogP contribution in [0.25, 0.3) is 0 Å². The van der Waals surface area contributed by atoms with Crippen molar-refractivity contribution in [2.45, 2.75) is 12.8 Å². The van der Waals surface area contributed by atoms with E-state index in [9.17, 15) is 0 Å². The molecule has 1 aliphatic carbocycles. The number of nitrogens with zero attached hydrogens (tertiary/aromatic N) is 2. The lowest BCUT2D eigenvalue weighted by atomic mass is 10.2.